The van der Waals surface area contributed by atoms with Gasteiger partial charge in [-0.15, -0.1) is 0 Å². The van der Waals surface area contributed by atoms with Crippen LogP contribution in [0.1, 0.15) is 33.5 Å². The van der Waals surface area contributed by atoms with E-state index < -0.39 is 21.9 Å². The second kappa shape index (κ2) is 10.5. The molecule has 0 aromatic carbocycles. The average Bonchev–Trinajstić information content (AvgIpc) is 2.79. The van der Waals surface area contributed by atoms with Crippen LogP contribution in [-0.4, -0.2) is 79.7 Å². The van der Waals surface area contributed by atoms with Crippen LogP contribution in [0.3, 0.4) is 0 Å². The van der Waals surface area contributed by atoms with E-state index in [-0.39, 0.29) is 30.2 Å². The van der Waals surface area contributed by atoms with Crippen molar-refractivity contribution in [1.29, 1.82) is 0 Å². The highest BCUT2D eigenvalue weighted by atomic mass is 32.2. The number of amides is 1. The van der Waals surface area contributed by atoms with Crippen molar-refractivity contribution in [3.63, 3.8) is 0 Å². The lowest BCUT2D eigenvalue weighted by Gasteiger charge is -2.34. The lowest BCUT2D eigenvalue weighted by Crippen LogP contribution is -2.50. The van der Waals surface area contributed by atoms with Crippen molar-refractivity contribution in [2.45, 2.75) is 13.8 Å². The number of pyridine rings is 2. The summed E-state index contributed by atoms with van der Waals surface area (Å²) in [4.78, 5) is 34.7. The fourth-order valence-electron chi connectivity index (χ4n) is 3.36. The number of ether oxygens (including phenoxy) is 1. The highest BCUT2D eigenvalue weighted by molar-refractivity contribution is 7.89. The number of piperazine rings is 1. The lowest BCUT2D eigenvalue weighted by molar-refractivity contribution is 0.0524. The van der Waals surface area contributed by atoms with E-state index in [1.54, 1.807) is 20.0 Å². The van der Waals surface area contributed by atoms with Crippen molar-refractivity contribution >= 4 is 27.7 Å². The molecular weight excluding hydrogens is 434 g/mol. The van der Waals surface area contributed by atoms with Gasteiger partial charge in [0, 0.05) is 38.9 Å². The Balaban J connectivity index is 1.49. The third kappa shape index (κ3) is 5.80. The van der Waals surface area contributed by atoms with Crippen LogP contribution in [0, 0.1) is 6.92 Å². The van der Waals surface area contributed by atoms with E-state index >= 15 is 0 Å². The third-order valence-corrected chi connectivity index (χ3v) is 6.94. The van der Waals surface area contributed by atoms with Gasteiger partial charge in [-0.3, -0.25) is 4.79 Å². The molecular formula is C21H27N5O5S. The van der Waals surface area contributed by atoms with E-state index in [1.165, 1.54) is 16.4 Å². The van der Waals surface area contributed by atoms with Gasteiger partial charge in [-0.25, -0.2) is 23.2 Å². The molecule has 172 valence electrons. The second-order valence-corrected chi connectivity index (χ2v) is 9.28. The third-order valence-electron chi connectivity index (χ3n) is 5.06. The van der Waals surface area contributed by atoms with Crippen LogP contribution in [-0.2, 0) is 14.8 Å². The summed E-state index contributed by atoms with van der Waals surface area (Å²) in [5.41, 5.74) is 0.766. The molecule has 11 heteroatoms. The Bertz CT molecular complexity index is 1050. The van der Waals surface area contributed by atoms with Crippen LogP contribution < -0.4 is 10.2 Å². The lowest BCUT2D eigenvalue weighted by atomic mass is 10.2. The van der Waals surface area contributed by atoms with Crippen molar-refractivity contribution < 1.29 is 22.7 Å². The maximum atomic E-state index is 12.7. The molecule has 0 atom stereocenters. The summed E-state index contributed by atoms with van der Waals surface area (Å²) in [5.74, 6) is -0.381. The van der Waals surface area contributed by atoms with E-state index in [1.807, 2.05) is 23.1 Å². The van der Waals surface area contributed by atoms with Crippen LogP contribution in [0.4, 0.5) is 5.82 Å². The number of aromatic nitrogens is 2. The van der Waals surface area contributed by atoms with E-state index in [0.717, 1.165) is 5.82 Å². The first-order valence-electron chi connectivity index (χ1n) is 10.4. The molecule has 0 bridgehead atoms. The first-order valence-corrected chi connectivity index (χ1v) is 12.0. The minimum Gasteiger partial charge on any atom is -0.462 e. The molecule has 0 unspecified atom stereocenters. The molecule has 0 radical (unpaired) electrons. The first-order chi connectivity index (χ1) is 15.3. The van der Waals surface area contributed by atoms with Gasteiger partial charge in [0.05, 0.1) is 23.6 Å². The topological polar surface area (TPSA) is 122 Å². The zero-order valence-corrected chi connectivity index (χ0v) is 19.0. The summed E-state index contributed by atoms with van der Waals surface area (Å²) in [6, 6.07) is 8.53. The van der Waals surface area contributed by atoms with Crippen molar-refractivity contribution in [2.24, 2.45) is 0 Å². The van der Waals surface area contributed by atoms with Crippen molar-refractivity contribution in [2.75, 3.05) is 50.0 Å². The van der Waals surface area contributed by atoms with Crippen LogP contribution in [0.5, 0.6) is 0 Å². The number of sulfonamides is 1. The largest absolute Gasteiger partial charge is 0.462 e. The molecule has 1 saturated heterocycles. The van der Waals surface area contributed by atoms with Gasteiger partial charge in [0.25, 0.3) is 5.91 Å². The van der Waals surface area contributed by atoms with Crippen LogP contribution in [0.2, 0.25) is 0 Å². The van der Waals surface area contributed by atoms with Gasteiger partial charge in [-0.05, 0) is 38.1 Å². The number of aryl methyl sites for hydroxylation is 1. The Morgan fingerprint density at radius 2 is 1.88 bits per heavy atom. The van der Waals surface area contributed by atoms with E-state index in [4.69, 9.17) is 4.74 Å². The Hall–Kier alpha value is -3.05. The number of hydrogen-bond acceptors (Lipinski definition) is 8. The van der Waals surface area contributed by atoms with Gasteiger partial charge in [0.15, 0.2) is 0 Å². The molecule has 32 heavy (non-hydrogen) atoms. The zero-order valence-electron chi connectivity index (χ0n) is 18.2. The quantitative estimate of drug-likeness (QED) is 0.574. The van der Waals surface area contributed by atoms with Gasteiger partial charge in [-0.1, -0.05) is 6.07 Å². The second-order valence-electron chi connectivity index (χ2n) is 7.20. The van der Waals surface area contributed by atoms with E-state index in [2.05, 4.69) is 15.3 Å². The molecule has 10 nitrogen and oxygen atoms in total. The van der Waals surface area contributed by atoms with E-state index in [9.17, 15) is 18.0 Å². The molecule has 0 spiro atoms. The maximum Gasteiger partial charge on any atom is 0.339 e. The Morgan fingerprint density at radius 3 is 2.50 bits per heavy atom. The molecule has 2 aromatic rings. The van der Waals surface area contributed by atoms with Crippen LogP contribution >= 0.6 is 0 Å². The SMILES string of the molecule is CCOC(=O)c1ccc(C(=O)NCCS(=O)(=O)N2CCN(c3ccccn3)CC2)nc1C. The van der Waals surface area contributed by atoms with Crippen molar-refractivity contribution in [1.82, 2.24) is 19.6 Å². The highest BCUT2D eigenvalue weighted by Gasteiger charge is 2.27. The molecule has 1 aliphatic heterocycles. The minimum absolute atomic E-state index is 0.0397. The summed E-state index contributed by atoms with van der Waals surface area (Å²) in [6.45, 7) is 5.35. The van der Waals surface area contributed by atoms with Crippen LogP contribution in [0.15, 0.2) is 36.5 Å². The molecule has 1 fully saturated rings. The zero-order chi connectivity index (χ0) is 23.1. The van der Waals surface area contributed by atoms with Crippen LogP contribution in [0.25, 0.3) is 0 Å². The molecule has 3 rings (SSSR count). The number of hydrogen-bond donors (Lipinski definition) is 1. The Morgan fingerprint density at radius 1 is 1.12 bits per heavy atom. The van der Waals surface area contributed by atoms with E-state index in [0.29, 0.717) is 31.9 Å². The number of nitrogens with one attached hydrogen (secondary N) is 1. The smallest absolute Gasteiger partial charge is 0.339 e. The fraction of sp³-hybridized carbons (Fsp3) is 0.429. The van der Waals surface area contributed by atoms with Gasteiger partial charge < -0.3 is 15.0 Å². The molecule has 1 aliphatic rings. The summed E-state index contributed by atoms with van der Waals surface area (Å²) in [6.07, 6.45) is 1.71. The van der Waals surface area contributed by atoms with Crippen molar-refractivity contribution in [3.05, 3.63) is 53.5 Å². The maximum absolute atomic E-state index is 12.7. The summed E-state index contributed by atoms with van der Waals surface area (Å²) >= 11 is 0. The minimum atomic E-state index is -3.51. The Labute approximate surface area is 187 Å². The number of nitrogens with zero attached hydrogens (tertiary/aromatic N) is 4. The van der Waals surface area contributed by atoms with Crippen molar-refractivity contribution in [3.8, 4) is 0 Å². The van der Waals surface area contributed by atoms with Gasteiger partial charge in [-0.2, -0.15) is 4.31 Å². The molecule has 0 saturated carbocycles. The summed E-state index contributed by atoms with van der Waals surface area (Å²) < 4.78 is 31.7. The summed E-state index contributed by atoms with van der Waals surface area (Å²) in [7, 11) is -3.51. The first kappa shape index (κ1) is 23.6. The Kier molecular flexibility index (Phi) is 7.75. The summed E-state index contributed by atoms with van der Waals surface area (Å²) in [5, 5.41) is 2.59. The fourth-order valence-corrected chi connectivity index (χ4v) is 4.70. The molecule has 3 heterocycles. The highest BCUT2D eigenvalue weighted by Crippen LogP contribution is 2.15. The number of esters is 1. The van der Waals surface area contributed by atoms with Gasteiger partial charge >= 0.3 is 5.97 Å². The predicted molar refractivity (Wildman–Crippen MR) is 119 cm³/mol. The monoisotopic (exact) mass is 461 g/mol. The number of carbonyl (C=O) groups is 2. The standard InChI is InChI=1S/C21H27N5O5S/c1-3-31-21(28)17-7-8-18(24-16(17)2)20(27)23-10-15-32(29,30)26-13-11-25(12-14-26)19-6-4-5-9-22-19/h4-9H,3,10-15H2,1-2H3,(H,23,27). The van der Waals surface area contributed by atoms with Gasteiger partial charge in [0.2, 0.25) is 10.0 Å². The molecule has 1 N–H and O–H groups in total. The average molecular weight is 462 g/mol. The number of carbonyl (C=O) groups excluding carboxylic acids is 2. The normalized spacial score (nSPS) is 14.8. The molecule has 1 amide bonds. The predicted octanol–water partition coefficient (Wildman–Crippen LogP) is 0.844. The number of rotatable bonds is 8. The van der Waals surface area contributed by atoms with Gasteiger partial charge in [0.1, 0.15) is 11.5 Å². The molecule has 0 aliphatic carbocycles. The molecule has 2 aromatic heterocycles. The number of anilines is 1.